The number of carboxylic acid groups (broad SMARTS) is 1. The Hall–Kier alpha value is -2.11. The Kier molecular flexibility index (Phi) is 12.2. The summed E-state index contributed by atoms with van der Waals surface area (Å²) in [7, 11) is -3.87. The molecule has 36 heavy (non-hydrogen) atoms. The number of aliphatic carboxylic acids is 1. The third-order valence-electron chi connectivity index (χ3n) is 6.43. The number of piperidine rings is 1. The van der Waals surface area contributed by atoms with Gasteiger partial charge in [-0.05, 0) is 56.7 Å². The Morgan fingerprint density at radius 3 is 2.28 bits per heavy atom. The lowest BCUT2D eigenvalue weighted by atomic mass is 9.94. The standard InChI is InChI=1S/C25H39N3O6S2/c1-4-5-6-7-22(25(31)32)26-23(29)19-12-15-28(16-13-19)24(30)21(14-17-35-3)27-36(33,34)20-10-8-18(2)9-11-20/h8-11,19,21-22,27H,4-7,12-17H2,1-3H3,(H,26,29)(H,31,32)/t21-,22-/m0/s1. The second-order valence-electron chi connectivity index (χ2n) is 9.26. The predicted molar refractivity (Wildman–Crippen MR) is 141 cm³/mol. The first kappa shape index (κ1) is 30.1. The van der Waals surface area contributed by atoms with E-state index >= 15 is 0 Å². The van der Waals surface area contributed by atoms with Crippen LogP contribution >= 0.6 is 11.8 Å². The van der Waals surface area contributed by atoms with E-state index in [2.05, 4.69) is 10.0 Å². The predicted octanol–water partition coefficient (Wildman–Crippen LogP) is 2.78. The van der Waals surface area contributed by atoms with Crippen LogP contribution in [0.25, 0.3) is 0 Å². The maximum absolute atomic E-state index is 13.3. The lowest BCUT2D eigenvalue weighted by Gasteiger charge is -2.34. The molecule has 0 aromatic heterocycles. The molecule has 1 fully saturated rings. The van der Waals surface area contributed by atoms with Crippen LogP contribution < -0.4 is 10.0 Å². The number of likely N-dealkylation sites (tertiary alicyclic amines) is 1. The van der Waals surface area contributed by atoms with Crippen molar-refractivity contribution in [2.45, 2.75) is 75.8 Å². The van der Waals surface area contributed by atoms with E-state index < -0.39 is 28.1 Å². The normalized spacial score (nSPS) is 16.4. The maximum atomic E-state index is 13.3. The smallest absolute Gasteiger partial charge is 0.326 e. The van der Waals surface area contributed by atoms with E-state index in [-0.39, 0.29) is 22.6 Å². The number of thioether (sulfide) groups is 1. The van der Waals surface area contributed by atoms with Gasteiger partial charge in [0.15, 0.2) is 0 Å². The number of unbranched alkanes of at least 4 members (excludes halogenated alkanes) is 2. The molecule has 11 heteroatoms. The molecule has 1 saturated heterocycles. The van der Waals surface area contributed by atoms with Crippen molar-refractivity contribution in [3.63, 3.8) is 0 Å². The van der Waals surface area contributed by atoms with Crippen molar-refractivity contribution >= 4 is 39.6 Å². The first-order valence-electron chi connectivity index (χ1n) is 12.5. The second-order valence-corrected chi connectivity index (χ2v) is 12.0. The number of carboxylic acids is 1. The number of rotatable bonds is 14. The summed E-state index contributed by atoms with van der Waals surface area (Å²) in [5.41, 5.74) is 0.937. The molecule has 2 atom stereocenters. The Morgan fingerprint density at radius 2 is 1.72 bits per heavy atom. The molecule has 0 saturated carbocycles. The van der Waals surface area contributed by atoms with Crippen LogP contribution in [0.1, 0.15) is 57.4 Å². The van der Waals surface area contributed by atoms with Crippen molar-refractivity contribution in [3.05, 3.63) is 29.8 Å². The first-order valence-corrected chi connectivity index (χ1v) is 15.4. The zero-order valence-corrected chi connectivity index (χ0v) is 23.0. The van der Waals surface area contributed by atoms with Gasteiger partial charge in [-0.15, -0.1) is 0 Å². The van der Waals surface area contributed by atoms with E-state index in [9.17, 15) is 27.9 Å². The third-order valence-corrected chi connectivity index (χ3v) is 8.56. The minimum absolute atomic E-state index is 0.109. The molecule has 1 aromatic carbocycles. The molecule has 9 nitrogen and oxygen atoms in total. The van der Waals surface area contributed by atoms with Gasteiger partial charge in [0, 0.05) is 19.0 Å². The molecule has 0 radical (unpaired) electrons. The minimum Gasteiger partial charge on any atom is -0.480 e. The van der Waals surface area contributed by atoms with Gasteiger partial charge in [0.2, 0.25) is 21.8 Å². The topological polar surface area (TPSA) is 133 Å². The highest BCUT2D eigenvalue weighted by Crippen LogP contribution is 2.21. The molecule has 2 amide bonds. The molecule has 2 rings (SSSR count). The van der Waals surface area contributed by atoms with Gasteiger partial charge >= 0.3 is 5.97 Å². The summed E-state index contributed by atoms with van der Waals surface area (Å²) in [6.07, 6.45) is 6.05. The SMILES string of the molecule is CCCCC[C@H](NC(=O)C1CCN(C(=O)[C@H](CCSC)NS(=O)(=O)c2ccc(C)cc2)CC1)C(=O)O. The van der Waals surface area contributed by atoms with Crippen LogP contribution in [0.3, 0.4) is 0 Å². The van der Waals surface area contributed by atoms with E-state index in [1.54, 1.807) is 17.0 Å². The van der Waals surface area contributed by atoms with Gasteiger partial charge in [-0.2, -0.15) is 16.5 Å². The van der Waals surface area contributed by atoms with E-state index in [1.165, 1.54) is 23.9 Å². The molecule has 0 unspecified atom stereocenters. The average molecular weight is 542 g/mol. The van der Waals surface area contributed by atoms with Crippen LogP contribution in [0.5, 0.6) is 0 Å². The number of hydrogen-bond donors (Lipinski definition) is 3. The zero-order chi connectivity index (χ0) is 26.7. The first-order chi connectivity index (χ1) is 17.1. The van der Waals surface area contributed by atoms with Crippen LogP contribution in [0.15, 0.2) is 29.2 Å². The van der Waals surface area contributed by atoms with Gasteiger partial charge < -0.3 is 15.3 Å². The van der Waals surface area contributed by atoms with Crippen molar-refractivity contribution in [2.24, 2.45) is 5.92 Å². The third kappa shape index (κ3) is 9.08. The molecular weight excluding hydrogens is 502 g/mol. The molecular formula is C25H39N3O6S2. The molecule has 0 bridgehead atoms. The van der Waals surface area contributed by atoms with Crippen molar-refractivity contribution in [1.29, 1.82) is 0 Å². The van der Waals surface area contributed by atoms with Crippen LogP contribution in [0, 0.1) is 12.8 Å². The van der Waals surface area contributed by atoms with E-state index in [1.807, 2.05) is 20.1 Å². The van der Waals surface area contributed by atoms with Gasteiger partial charge in [0.25, 0.3) is 0 Å². The molecule has 1 aliphatic rings. The molecule has 1 aromatic rings. The molecule has 0 spiro atoms. The fourth-order valence-electron chi connectivity index (χ4n) is 4.17. The number of nitrogens with zero attached hydrogens (tertiary/aromatic N) is 1. The van der Waals surface area contributed by atoms with Gasteiger partial charge in [0.05, 0.1) is 4.90 Å². The van der Waals surface area contributed by atoms with E-state index in [4.69, 9.17) is 0 Å². The maximum Gasteiger partial charge on any atom is 0.326 e. The highest BCUT2D eigenvalue weighted by molar-refractivity contribution is 7.98. The number of hydrogen-bond acceptors (Lipinski definition) is 6. The van der Waals surface area contributed by atoms with Crippen LogP contribution in [0.4, 0.5) is 0 Å². The lowest BCUT2D eigenvalue weighted by molar-refractivity contribution is -0.143. The summed E-state index contributed by atoms with van der Waals surface area (Å²) < 4.78 is 28.4. The highest BCUT2D eigenvalue weighted by atomic mass is 32.2. The fraction of sp³-hybridized carbons (Fsp3) is 0.640. The molecule has 202 valence electrons. The number of benzene rings is 1. The van der Waals surface area contributed by atoms with E-state index in [0.717, 1.165) is 24.8 Å². The summed E-state index contributed by atoms with van der Waals surface area (Å²) in [4.78, 5) is 39.2. The highest BCUT2D eigenvalue weighted by Gasteiger charge is 2.34. The number of amides is 2. The van der Waals surface area contributed by atoms with Gasteiger partial charge in [-0.25, -0.2) is 13.2 Å². The van der Waals surface area contributed by atoms with Crippen LogP contribution in [0.2, 0.25) is 0 Å². The largest absolute Gasteiger partial charge is 0.480 e. The molecule has 1 heterocycles. The van der Waals surface area contributed by atoms with Gasteiger partial charge in [0.1, 0.15) is 12.1 Å². The second kappa shape index (κ2) is 14.6. The molecule has 1 aliphatic heterocycles. The number of nitrogens with one attached hydrogen (secondary N) is 2. The Balaban J connectivity index is 1.99. The molecule has 3 N–H and O–H groups in total. The average Bonchev–Trinajstić information content (AvgIpc) is 2.85. The Morgan fingerprint density at radius 1 is 1.08 bits per heavy atom. The fourth-order valence-corrected chi connectivity index (χ4v) is 5.86. The van der Waals surface area contributed by atoms with Crippen LogP contribution in [-0.2, 0) is 24.4 Å². The zero-order valence-electron chi connectivity index (χ0n) is 21.4. The summed E-state index contributed by atoms with van der Waals surface area (Å²) in [6, 6.07) is 4.65. The monoisotopic (exact) mass is 541 g/mol. The van der Waals surface area contributed by atoms with Gasteiger partial charge in [-0.1, -0.05) is 43.9 Å². The van der Waals surface area contributed by atoms with Crippen molar-refractivity contribution in [3.8, 4) is 0 Å². The summed E-state index contributed by atoms with van der Waals surface area (Å²) in [5.74, 6) is -1.41. The summed E-state index contributed by atoms with van der Waals surface area (Å²) in [6.45, 7) is 4.52. The lowest BCUT2D eigenvalue weighted by Crippen LogP contribution is -2.52. The molecule has 0 aliphatic carbocycles. The van der Waals surface area contributed by atoms with Gasteiger partial charge in [-0.3, -0.25) is 9.59 Å². The Labute approximate surface area is 218 Å². The van der Waals surface area contributed by atoms with Crippen molar-refractivity contribution in [2.75, 3.05) is 25.1 Å². The minimum atomic E-state index is -3.87. The number of aryl methyl sites for hydroxylation is 1. The van der Waals surface area contributed by atoms with Crippen molar-refractivity contribution < 1.29 is 27.9 Å². The summed E-state index contributed by atoms with van der Waals surface area (Å²) >= 11 is 1.53. The van der Waals surface area contributed by atoms with Crippen LogP contribution in [-0.4, -0.2) is 73.4 Å². The number of carbonyl (C=O) groups excluding carboxylic acids is 2. The Bertz CT molecular complexity index is 976. The van der Waals surface area contributed by atoms with Crippen molar-refractivity contribution in [1.82, 2.24) is 14.9 Å². The summed E-state index contributed by atoms with van der Waals surface area (Å²) in [5, 5.41) is 12.1. The van der Waals surface area contributed by atoms with E-state index in [0.29, 0.717) is 44.5 Å². The quantitative estimate of drug-likeness (QED) is 0.309. The number of sulfonamides is 1. The number of carbonyl (C=O) groups is 3.